The fraction of sp³-hybridized carbons (Fsp3) is 0.529. The number of phenolic OH excluding ortho intramolecular Hbond substituents is 1. The van der Waals surface area contributed by atoms with Gasteiger partial charge in [0.15, 0.2) is 17.6 Å². The maximum absolute atomic E-state index is 10.5. The van der Waals surface area contributed by atoms with Gasteiger partial charge in [0.25, 0.3) is 0 Å². The molecule has 0 amide bonds. The number of phenols is 1. The Labute approximate surface area is 127 Å². The van der Waals surface area contributed by atoms with Gasteiger partial charge in [-0.3, -0.25) is 4.90 Å². The van der Waals surface area contributed by atoms with Crippen LogP contribution < -0.4 is 4.74 Å². The van der Waals surface area contributed by atoms with Crippen molar-refractivity contribution in [2.45, 2.75) is 42.4 Å². The molecule has 1 unspecified atom stereocenters. The molecule has 22 heavy (non-hydrogen) atoms. The van der Waals surface area contributed by atoms with E-state index in [9.17, 15) is 10.2 Å². The maximum Gasteiger partial charge on any atom is 0.168 e. The van der Waals surface area contributed by atoms with Gasteiger partial charge in [0, 0.05) is 24.6 Å². The second-order valence-electron chi connectivity index (χ2n) is 7.20. The average molecular weight is 299 g/mol. The Hall–Kier alpha value is -1.72. The molecule has 5 nitrogen and oxygen atoms in total. The Kier molecular flexibility index (Phi) is 1.76. The molecule has 5 atom stereocenters. The predicted octanol–water partition coefficient (Wildman–Crippen LogP) is 1.59. The predicted molar refractivity (Wildman–Crippen MR) is 77.0 cm³/mol. The normalized spacial score (nSPS) is 46.0. The van der Waals surface area contributed by atoms with Gasteiger partial charge < -0.3 is 19.7 Å². The maximum atomic E-state index is 10.5. The number of hydrogen-bond donors (Lipinski definition) is 2. The summed E-state index contributed by atoms with van der Waals surface area (Å²) >= 11 is 0. The summed E-state index contributed by atoms with van der Waals surface area (Å²) < 4.78 is 12.5. The first-order valence-corrected chi connectivity index (χ1v) is 7.96. The molecular formula is C17H17NO4. The molecule has 3 heterocycles. The summed E-state index contributed by atoms with van der Waals surface area (Å²) in [5.41, 5.74) is 1.65. The zero-order valence-electron chi connectivity index (χ0n) is 12.1. The van der Waals surface area contributed by atoms with Crippen molar-refractivity contribution in [3.05, 3.63) is 35.1 Å². The number of piperidine rings is 1. The minimum absolute atomic E-state index is 0.171. The molecule has 1 aromatic rings. The van der Waals surface area contributed by atoms with Crippen LogP contribution in [0, 0.1) is 0 Å². The summed E-state index contributed by atoms with van der Waals surface area (Å²) in [5.74, 6) is 1.02. The van der Waals surface area contributed by atoms with Gasteiger partial charge in [-0.2, -0.15) is 0 Å². The third-order valence-electron chi connectivity index (χ3n) is 6.66. The van der Waals surface area contributed by atoms with E-state index in [-0.39, 0.29) is 22.5 Å². The van der Waals surface area contributed by atoms with E-state index in [4.69, 9.17) is 9.47 Å². The van der Waals surface area contributed by atoms with Crippen LogP contribution in [0.1, 0.15) is 24.0 Å². The van der Waals surface area contributed by atoms with Gasteiger partial charge in [-0.05, 0) is 30.5 Å². The van der Waals surface area contributed by atoms with Crippen molar-refractivity contribution < 1.29 is 19.7 Å². The lowest BCUT2D eigenvalue weighted by Crippen LogP contribution is -2.71. The van der Waals surface area contributed by atoms with Gasteiger partial charge in [-0.15, -0.1) is 0 Å². The summed E-state index contributed by atoms with van der Waals surface area (Å²) in [7, 11) is 0. The van der Waals surface area contributed by atoms with Crippen LogP contribution in [-0.4, -0.2) is 46.1 Å². The number of aliphatic hydroxyl groups is 1. The SMILES string of the molecule is OC1=CC[C@]23OCN4CC[C@@]25c2c(ccc(O)c2O[C@@H]15)C[C@@H]43. The van der Waals surface area contributed by atoms with Gasteiger partial charge in [0.1, 0.15) is 18.1 Å². The summed E-state index contributed by atoms with van der Waals surface area (Å²) in [6, 6.07) is 4.07. The quantitative estimate of drug-likeness (QED) is 0.762. The van der Waals surface area contributed by atoms with Crippen molar-refractivity contribution in [3.63, 3.8) is 0 Å². The third kappa shape index (κ3) is 0.938. The largest absolute Gasteiger partial charge is 0.509 e. The van der Waals surface area contributed by atoms with E-state index in [1.807, 2.05) is 12.1 Å². The lowest BCUT2D eigenvalue weighted by molar-refractivity contribution is -0.115. The van der Waals surface area contributed by atoms with Crippen LogP contribution in [0.5, 0.6) is 11.5 Å². The number of aromatic hydroxyl groups is 1. The Morgan fingerprint density at radius 3 is 3.09 bits per heavy atom. The molecule has 2 fully saturated rings. The van der Waals surface area contributed by atoms with Crippen LogP contribution >= 0.6 is 0 Å². The molecule has 2 saturated heterocycles. The van der Waals surface area contributed by atoms with Crippen LogP contribution in [0.3, 0.4) is 0 Å². The van der Waals surface area contributed by atoms with Crippen molar-refractivity contribution in [1.29, 1.82) is 0 Å². The monoisotopic (exact) mass is 299 g/mol. The summed E-state index contributed by atoms with van der Waals surface area (Å²) in [6.45, 7) is 1.61. The molecule has 0 radical (unpaired) electrons. The molecule has 6 rings (SSSR count). The molecule has 3 aliphatic heterocycles. The van der Waals surface area contributed by atoms with Gasteiger partial charge in [0.05, 0.1) is 5.41 Å². The molecule has 4 bridgehead atoms. The fourth-order valence-electron chi connectivity index (χ4n) is 5.84. The van der Waals surface area contributed by atoms with Gasteiger partial charge in [-0.25, -0.2) is 0 Å². The Balaban J connectivity index is 1.76. The molecule has 0 aromatic heterocycles. The van der Waals surface area contributed by atoms with E-state index in [0.29, 0.717) is 24.9 Å². The smallest absolute Gasteiger partial charge is 0.168 e. The summed E-state index contributed by atoms with van der Waals surface area (Å²) in [4.78, 5) is 2.42. The van der Waals surface area contributed by atoms with Crippen molar-refractivity contribution >= 4 is 0 Å². The minimum Gasteiger partial charge on any atom is -0.509 e. The lowest BCUT2D eigenvalue weighted by Gasteiger charge is -2.58. The van der Waals surface area contributed by atoms with E-state index in [0.717, 1.165) is 24.9 Å². The van der Waals surface area contributed by atoms with E-state index in [2.05, 4.69) is 4.90 Å². The van der Waals surface area contributed by atoms with Crippen molar-refractivity contribution in [3.8, 4) is 11.5 Å². The van der Waals surface area contributed by atoms with E-state index in [1.54, 1.807) is 6.07 Å². The van der Waals surface area contributed by atoms with Crippen molar-refractivity contribution in [2.75, 3.05) is 13.3 Å². The van der Waals surface area contributed by atoms with Gasteiger partial charge in [-0.1, -0.05) is 6.07 Å². The Morgan fingerprint density at radius 1 is 1.27 bits per heavy atom. The van der Waals surface area contributed by atoms with Gasteiger partial charge in [0.2, 0.25) is 0 Å². The second-order valence-corrected chi connectivity index (χ2v) is 7.20. The fourth-order valence-corrected chi connectivity index (χ4v) is 5.84. The summed E-state index contributed by atoms with van der Waals surface area (Å²) in [5, 5.41) is 20.8. The van der Waals surface area contributed by atoms with E-state index in [1.165, 1.54) is 5.56 Å². The molecule has 2 aliphatic carbocycles. The van der Waals surface area contributed by atoms with Crippen LogP contribution in [0.4, 0.5) is 0 Å². The third-order valence-corrected chi connectivity index (χ3v) is 6.66. The highest BCUT2D eigenvalue weighted by atomic mass is 16.5. The van der Waals surface area contributed by atoms with Crippen LogP contribution in [0.2, 0.25) is 0 Å². The highest BCUT2D eigenvalue weighted by Crippen LogP contribution is 2.67. The van der Waals surface area contributed by atoms with Crippen molar-refractivity contribution in [2.24, 2.45) is 0 Å². The second kappa shape index (κ2) is 3.29. The average Bonchev–Trinajstić information content (AvgIpc) is 2.97. The first-order chi connectivity index (χ1) is 10.7. The number of nitrogens with zero attached hydrogens (tertiary/aromatic N) is 1. The highest BCUT2D eigenvalue weighted by molar-refractivity contribution is 5.64. The number of aliphatic hydroxyl groups excluding tert-OH is 1. The number of benzene rings is 1. The molecule has 2 spiro atoms. The van der Waals surface area contributed by atoms with Crippen molar-refractivity contribution in [1.82, 2.24) is 4.90 Å². The number of hydrogen-bond acceptors (Lipinski definition) is 5. The molecule has 5 aliphatic rings. The zero-order chi connectivity index (χ0) is 14.7. The van der Waals surface area contributed by atoms with Gasteiger partial charge >= 0.3 is 0 Å². The molecule has 5 heteroatoms. The topological polar surface area (TPSA) is 62.2 Å². The standard InChI is InChI=1S/C17H17NO4/c19-10-2-1-9-7-12-17-4-3-11(20)15-16(17,13(9)14(10)22-15)5-6-18(12)8-21-17/h1-3,12,15,19-20H,4-8H2/t12-,15+,16+,17-/m1/s1. The number of rotatable bonds is 0. The molecule has 2 N–H and O–H groups in total. The zero-order valence-corrected chi connectivity index (χ0v) is 12.1. The highest BCUT2D eigenvalue weighted by Gasteiger charge is 2.75. The van der Waals surface area contributed by atoms with E-state index >= 15 is 0 Å². The Morgan fingerprint density at radius 2 is 2.18 bits per heavy atom. The first kappa shape index (κ1) is 11.8. The first-order valence-electron chi connectivity index (χ1n) is 7.96. The lowest BCUT2D eigenvalue weighted by atomic mass is 9.50. The molecular weight excluding hydrogens is 282 g/mol. The minimum atomic E-state index is -0.425. The molecule has 114 valence electrons. The molecule has 1 aromatic carbocycles. The summed E-state index contributed by atoms with van der Waals surface area (Å²) in [6.07, 6.45) is 3.98. The van der Waals surface area contributed by atoms with Crippen LogP contribution in [0.15, 0.2) is 24.0 Å². The molecule has 0 saturated carbocycles. The number of ether oxygens (including phenoxy) is 2. The Bertz CT molecular complexity index is 759. The van der Waals surface area contributed by atoms with E-state index < -0.39 is 6.10 Å². The van der Waals surface area contributed by atoms with Crippen LogP contribution in [-0.2, 0) is 16.6 Å². The van der Waals surface area contributed by atoms with Crippen LogP contribution in [0.25, 0.3) is 0 Å².